The van der Waals surface area contributed by atoms with E-state index in [1.165, 1.54) is 11.3 Å². The number of fused-ring (bicyclic) bond motifs is 1. The summed E-state index contributed by atoms with van der Waals surface area (Å²) in [5.41, 5.74) is 3.27. The number of ether oxygens (including phenoxy) is 1. The normalized spacial score (nSPS) is 11.0. The highest BCUT2D eigenvalue weighted by molar-refractivity contribution is 7.18. The first-order chi connectivity index (χ1) is 14.1. The summed E-state index contributed by atoms with van der Waals surface area (Å²) in [7, 11) is 0. The van der Waals surface area contributed by atoms with Crippen LogP contribution in [0.1, 0.15) is 27.9 Å². The molecule has 0 saturated carbocycles. The third-order valence-electron chi connectivity index (χ3n) is 4.66. The van der Waals surface area contributed by atoms with E-state index in [9.17, 15) is 9.59 Å². The molecule has 0 aliphatic carbocycles. The van der Waals surface area contributed by atoms with Gasteiger partial charge in [0.05, 0.1) is 11.6 Å². The number of aryl methyl sites for hydroxylation is 1. The summed E-state index contributed by atoms with van der Waals surface area (Å²) in [5, 5.41) is 0.781. The first-order valence-corrected chi connectivity index (χ1v) is 10.2. The Morgan fingerprint density at radius 1 is 1.10 bits per heavy atom. The maximum atomic E-state index is 12.8. The molecule has 0 bridgehead atoms. The predicted octanol–water partition coefficient (Wildman–Crippen LogP) is 4.66. The molecule has 0 aliphatic heterocycles. The van der Waals surface area contributed by atoms with Gasteiger partial charge in [0, 0.05) is 12.7 Å². The monoisotopic (exact) mass is 404 g/mol. The second-order valence-corrected chi connectivity index (χ2v) is 7.81. The summed E-state index contributed by atoms with van der Waals surface area (Å²) >= 11 is 1.45. The van der Waals surface area contributed by atoms with E-state index in [0.717, 1.165) is 26.5 Å². The Bertz CT molecular complexity index is 1240. The molecule has 6 heteroatoms. The van der Waals surface area contributed by atoms with Gasteiger partial charge in [-0.15, -0.1) is 11.3 Å². The van der Waals surface area contributed by atoms with E-state index in [2.05, 4.69) is 29.2 Å². The number of carbonyl (C=O) groups is 1. The number of aromatic nitrogens is 2. The van der Waals surface area contributed by atoms with Gasteiger partial charge < -0.3 is 9.30 Å². The van der Waals surface area contributed by atoms with E-state index in [1.807, 2.05) is 41.8 Å². The Morgan fingerprint density at radius 2 is 1.83 bits per heavy atom. The fraction of sp³-hybridized carbons (Fsp3) is 0.174. The molecular weight excluding hydrogens is 384 g/mol. The first kappa shape index (κ1) is 19.1. The van der Waals surface area contributed by atoms with Gasteiger partial charge in [-0.05, 0) is 30.5 Å². The van der Waals surface area contributed by atoms with Gasteiger partial charge in [0.25, 0.3) is 0 Å². The van der Waals surface area contributed by atoms with E-state index in [0.29, 0.717) is 12.1 Å². The van der Waals surface area contributed by atoms with Crippen LogP contribution in [0, 0.1) is 6.92 Å². The second-order valence-electron chi connectivity index (χ2n) is 6.63. The van der Waals surface area contributed by atoms with Crippen molar-refractivity contribution in [3.05, 3.63) is 87.2 Å². The summed E-state index contributed by atoms with van der Waals surface area (Å²) in [6, 6.07) is 18.3. The Morgan fingerprint density at radius 3 is 2.59 bits per heavy atom. The first-order valence-electron chi connectivity index (χ1n) is 9.39. The molecule has 4 rings (SSSR count). The third kappa shape index (κ3) is 3.71. The van der Waals surface area contributed by atoms with Crippen molar-refractivity contribution >= 4 is 27.7 Å². The van der Waals surface area contributed by atoms with Gasteiger partial charge in [-0.1, -0.05) is 54.6 Å². The molecule has 0 radical (unpaired) electrons. The minimum atomic E-state index is -0.616. The quantitative estimate of drug-likeness (QED) is 0.454. The lowest BCUT2D eigenvalue weighted by molar-refractivity contribution is 0.0524. The van der Waals surface area contributed by atoms with Gasteiger partial charge in [0.2, 0.25) is 5.43 Å². The number of hydrogen-bond donors (Lipinski definition) is 0. The van der Waals surface area contributed by atoms with E-state index >= 15 is 0 Å². The van der Waals surface area contributed by atoms with E-state index in [4.69, 9.17) is 4.74 Å². The molecule has 29 heavy (non-hydrogen) atoms. The van der Waals surface area contributed by atoms with Crippen LogP contribution in [0.15, 0.2) is 65.6 Å². The van der Waals surface area contributed by atoms with Gasteiger partial charge in [0.15, 0.2) is 0 Å². The lowest BCUT2D eigenvalue weighted by atomic mass is 9.99. The summed E-state index contributed by atoms with van der Waals surface area (Å²) in [6.07, 6.45) is 1.60. The minimum absolute atomic E-state index is 0.0156. The molecule has 146 valence electrons. The number of hydrogen-bond acceptors (Lipinski definition) is 5. The van der Waals surface area contributed by atoms with Crippen molar-refractivity contribution in [2.45, 2.75) is 20.4 Å². The van der Waals surface area contributed by atoms with Crippen LogP contribution in [-0.2, 0) is 11.3 Å². The molecular formula is C23H20N2O3S. The molecule has 2 aromatic carbocycles. The number of benzene rings is 2. The Kier molecular flexibility index (Phi) is 5.27. The highest BCUT2D eigenvalue weighted by Gasteiger charge is 2.19. The zero-order chi connectivity index (χ0) is 20.4. The van der Waals surface area contributed by atoms with Gasteiger partial charge in [0.1, 0.15) is 15.9 Å². The maximum Gasteiger partial charge on any atom is 0.343 e. The number of thiazole rings is 1. The van der Waals surface area contributed by atoms with Crippen molar-refractivity contribution in [2.24, 2.45) is 0 Å². The van der Waals surface area contributed by atoms with Gasteiger partial charge in [-0.3, -0.25) is 4.79 Å². The Balaban J connectivity index is 1.87. The lowest BCUT2D eigenvalue weighted by Gasteiger charge is -2.14. The van der Waals surface area contributed by atoms with Gasteiger partial charge >= 0.3 is 5.97 Å². The van der Waals surface area contributed by atoms with Crippen molar-refractivity contribution < 1.29 is 9.53 Å². The number of esters is 1. The number of carbonyl (C=O) groups excluding carboxylic acids is 1. The minimum Gasteiger partial charge on any atom is -0.462 e. The van der Waals surface area contributed by atoms with Crippen molar-refractivity contribution in [3.8, 4) is 11.1 Å². The van der Waals surface area contributed by atoms with E-state index < -0.39 is 5.97 Å². The van der Waals surface area contributed by atoms with Crippen molar-refractivity contribution in [3.63, 3.8) is 0 Å². The highest BCUT2D eigenvalue weighted by atomic mass is 32.1. The van der Waals surface area contributed by atoms with Crippen LogP contribution in [0.4, 0.5) is 0 Å². The fourth-order valence-electron chi connectivity index (χ4n) is 3.37. The number of pyridine rings is 1. The molecule has 4 aromatic rings. The molecule has 2 heterocycles. The molecule has 0 aliphatic rings. The van der Waals surface area contributed by atoms with Crippen LogP contribution in [0.2, 0.25) is 0 Å². The summed E-state index contributed by atoms with van der Waals surface area (Å²) in [4.78, 5) is 30.3. The molecule has 0 amide bonds. The second kappa shape index (κ2) is 8.01. The van der Waals surface area contributed by atoms with Crippen LogP contribution >= 0.6 is 11.3 Å². The molecule has 0 saturated heterocycles. The topological polar surface area (TPSA) is 61.2 Å². The smallest absolute Gasteiger partial charge is 0.343 e. The van der Waals surface area contributed by atoms with E-state index in [-0.39, 0.29) is 17.6 Å². The standard InChI is InChI=1S/C23H20N2O3S/c1-3-28-23(27)19-14-25(22-20(21(19)26)24-15(2)29-22)13-17-11-7-8-12-18(17)16-9-5-4-6-10-16/h4-12,14H,3,13H2,1-2H3. The average molecular weight is 404 g/mol. The number of rotatable bonds is 5. The van der Waals surface area contributed by atoms with Crippen molar-refractivity contribution in [1.29, 1.82) is 0 Å². The molecule has 2 aromatic heterocycles. The zero-order valence-corrected chi connectivity index (χ0v) is 17.0. The zero-order valence-electron chi connectivity index (χ0n) is 16.2. The van der Waals surface area contributed by atoms with Crippen LogP contribution in [0.5, 0.6) is 0 Å². The highest BCUT2D eigenvalue weighted by Crippen LogP contribution is 2.26. The summed E-state index contributed by atoms with van der Waals surface area (Å²) in [5.74, 6) is -0.616. The largest absolute Gasteiger partial charge is 0.462 e. The Hall–Kier alpha value is -3.25. The average Bonchev–Trinajstić information content (AvgIpc) is 3.13. The van der Waals surface area contributed by atoms with Crippen molar-refractivity contribution in [2.75, 3.05) is 6.61 Å². The SMILES string of the molecule is CCOC(=O)c1cn(Cc2ccccc2-c2ccccc2)c2sc(C)nc2c1=O. The van der Waals surface area contributed by atoms with Crippen LogP contribution in [-0.4, -0.2) is 22.1 Å². The molecule has 0 N–H and O–H groups in total. The molecule has 5 nitrogen and oxygen atoms in total. The van der Waals surface area contributed by atoms with Gasteiger partial charge in [-0.25, -0.2) is 9.78 Å². The third-order valence-corrected chi connectivity index (χ3v) is 5.67. The molecule has 0 fully saturated rings. The van der Waals surface area contributed by atoms with Crippen molar-refractivity contribution in [1.82, 2.24) is 9.55 Å². The van der Waals surface area contributed by atoms with Crippen LogP contribution in [0.3, 0.4) is 0 Å². The molecule has 0 unspecified atom stereocenters. The Labute approximate surface area is 172 Å². The number of nitrogens with zero attached hydrogens (tertiary/aromatic N) is 2. The lowest BCUT2D eigenvalue weighted by Crippen LogP contribution is -2.21. The van der Waals surface area contributed by atoms with Crippen LogP contribution in [0.25, 0.3) is 21.5 Å². The molecule has 0 spiro atoms. The van der Waals surface area contributed by atoms with Crippen LogP contribution < -0.4 is 5.43 Å². The van der Waals surface area contributed by atoms with Gasteiger partial charge in [-0.2, -0.15) is 0 Å². The summed E-state index contributed by atoms with van der Waals surface area (Å²) in [6.45, 7) is 4.30. The fourth-order valence-corrected chi connectivity index (χ4v) is 4.26. The maximum absolute atomic E-state index is 12.8. The predicted molar refractivity (Wildman–Crippen MR) is 116 cm³/mol. The molecule has 0 atom stereocenters. The van der Waals surface area contributed by atoms with E-state index in [1.54, 1.807) is 13.1 Å². The summed E-state index contributed by atoms with van der Waals surface area (Å²) < 4.78 is 7.01.